The first-order chi connectivity index (χ1) is 15.3. The third-order valence-corrected chi connectivity index (χ3v) is 5.73. The Morgan fingerprint density at radius 1 is 1.12 bits per heavy atom. The number of aliphatic hydroxyl groups is 1. The first-order valence-corrected chi connectivity index (χ1v) is 10.4. The van der Waals surface area contributed by atoms with E-state index in [0.717, 1.165) is 5.56 Å². The van der Waals surface area contributed by atoms with Gasteiger partial charge in [-0.1, -0.05) is 29.3 Å². The van der Waals surface area contributed by atoms with E-state index in [1.807, 2.05) is 0 Å². The number of ether oxygens (including phenoxy) is 1. The number of benzene rings is 2. The first kappa shape index (κ1) is 21.9. The van der Waals surface area contributed by atoms with Crippen molar-refractivity contribution in [3.63, 3.8) is 0 Å². The van der Waals surface area contributed by atoms with Gasteiger partial charge in [0.1, 0.15) is 11.5 Å². The topological polar surface area (TPSA) is 79.7 Å². The molecule has 1 aliphatic heterocycles. The molecule has 0 radical (unpaired) electrons. The Balaban J connectivity index is 1.99. The van der Waals surface area contributed by atoms with E-state index in [1.54, 1.807) is 67.8 Å². The molecule has 3 aromatic rings. The van der Waals surface area contributed by atoms with Gasteiger partial charge in [-0.25, -0.2) is 0 Å². The lowest BCUT2D eigenvalue weighted by Gasteiger charge is -2.25. The van der Waals surface area contributed by atoms with E-state index in [9.17, 15) is 14.7 Å². The van der Waals surface area contributed by atoms with E-state index in [-0.39, 0.29) is 27.7 Å². The van der Waals surface area contributed by atoms with Crippen LogP contribution in [0.1, 0.15) is 22.7 Å². The van der Waals surface area contributed by atoms with Crippen molar-refractivity contribution in [1.29, 1.82) is 0 Å². The number of Topliss-reactive ketones (excluding diaryl/α,β-unsaturated/α-hetero) is 1. The number of nitrogens with zero attached hydrogens (tertiary/aromatic N) is 2. The van der Waals surface area contributed by atoms with Crippen LogP contribution in [0.5, 0.6) is 5.75 Å². The number of hydrogen-bond donors (Lipinski definition) is 1. The zero-order valence-corrected chi connectivity index (χ0v) is 18.7. The largest absolute Gasteiger partial charge is 0.507 e. The van der Waals surface area contributed by atoms with E-state index in [1.165, 1.54) is 12.0 Å². The zero-order chi connectivity index (χ0) is 23.0. The number of carbonyl (C=O) groups excluding carboxylic acids is 2. The minimum atomic E-state index is -0.908. The number of halogens is 2. The van der Waals surface area contributed by atoms with E-state index >= 15 is 0 Å². The molecular weight excluding hydrogens is 451 g/mol. The fourth-order valence-electron chi connectivity index (χ4n) is 3.81. The molecule has 1 amide bonds. The van der Waals surface area contributed by atoms with Crippen LogP contribution < -0.4 is 9.64 Å². The SMILES string of the molecule is COc1c(Cl)cc(C)cc1/C(O)=C1\C(=O)C(=O)N(c2ccc(Cl)cc2)C1c1cccnc1. The Hall–Kier alpha value is -3.35. The van der Waals surface area contributed by atoms with Gasteiger partial charge in [-0.05, 0) is 60.5 Å². The quantitative estimate of drug-likeness (QED) is 0.317. The van der Waals surface area contributed by atoms with Crippen molar-refractivity contribution in [3.05, 3.63) is 93.2 Å². The first-order valence-electron chi connectivity index (χ1n) is 9.64. The van der Waals surface area contributed by atoms with Crippen LogP contribution in [0.4, 0.5) is 5.69 Å². The monoisotopic (exact) mass is 468 g/mol. The summed E-state index contributed by atoms with van der Waals surface area (Å²) in [6.07, 6.45) is 3.13. The number of hydrogen-bond acceptors (Lipinski definition) is 5. The van der Waals surface area contributed by atoms with Crippen molar-refractivity contribution in [3.8, 4) is 5.75 Å². The van der Waals surface area contributed by atoms with Gasteiger partial charge in [-0.3, -0.25) is 19.5 Å². The molecule has 1 atom stereocenters. The van der Waals surface area contributed by atoms with E-state index in [0.29, 0.717) is 16.3 Å². The average Bonchev–Trinajstić information content (AvgIpc) is 3.04. The molecule has 1 aromatic heterocycles. The van der Waals surface area contributed by atoms with Gasteiger partial charge >= 0.3 is 0 Å². The highest BCUT2D eigenvalue weighted by atomic mass is 35.5. The third-order valence-electron chi connectivity index (χ3n) is 5.20. The summed E-state index contributed by atoms with van der Waals surface area (Å²) in [6.45, 7) is 1.80. The average molecular weight is 469 g/mol. The Morgan fingerprint density at radius 3 is 2.47 bits per heavy atom. The maximum Gasteiger partial charge on any atom is 0.300 e. The predicted octanol–water partition coefficient (Wildman–Crippen LogP) is 5.33. The lowest BCUT2D eigenvalue weighted by molar-refractivity contribution is -0.132. The number of ketones is 1. The number of aromatic nitrogens is 1. The Labute approximate surface area is 194 Å². The van der Waals surface area contributed by atoms with Crippen molar-refractivity contribution in [2.24, 2.45) is 0 Å². The van der Waals surface area contributed by atoms with Gasteiger partial charge in [0, 0.05) is 23.1 Å². The molecule has 1 aliphatic rings. The van der Waals surface area contributed by atoms with Crippen LogP contribution in [0.15, 0.2) is 66.5 Å². The minimum absolute atomic E-state index is 0.0853. The lowest BCUT2D eigenvalue weighted by Crippen LogP contribution is -2.29. The minimum Gasteiger partial charge on any atom is -0.507 e. The molecule has 2 aromatic carbocycles. The summed E-state index contributed by atoms with van der Waals surface area (Å²) in [4.78, 5) is 31.8. The van der Waals surface area contributed by atoms with Gasteiger partial charge in [0.05, 0.1) is 29.3 Å². The number of pyridine rings is 1. The molecule has 0 aliphatic carbocycles. The van der Waals surface area contributed by atoms with Crippen LogP contribution in [0.3, 0.4) is 0 Å². The van der Waals surface area contributed by atoms with Crippen molar-refractivity contribution in [2.45, 2.75) is 13.0 Å². The molecule has 1 fully saturated rings. The van der Waals surface area contributed by atoms with Crippen molar-refractivity contribution >= 4 is 46.3 Å². The number of rotatable bonds is 4. The molecule has 4 rings (SSSR count). The van der Waals surface area contributed by atoms with Crippen molar-refractivity contribution in [1.82, 2.24) is 4.98 Å². The van der Waals surface area contributed by atoms with Gasteiger partial charge in [0.15, 0.2) is 0 Å². The highest BCUT2D eigenvalue weighted by molar-refractivity contribution is 6.51. The van der Waals surface area contributed by atoms with Crippen molar-refractivity contribution in [2.75, 3.05) is 12.0 Å². The molecule has 1 unspecified atom stereocenters. The molecule has 0 bridgehead atoms. The zero-order valence-electron chi connectivity index (χ0n) is 17.2. The number of aryl methyl sites for hydroxylation is 1. The van der Waals surface area contributed by atoms with Crippen LogP contribution >= 0.6 is 23.2 Å². The van der Waals surface area contributed by atoms with Gasteiger partial charge in [-0.2, -0.15) is 0 Å². The number of carbonyl (C=O) groups is 2. The number of anilines is 1. The number of amides is 1. The standard InChI is InChI=1S/C24H18Cl2N2O4/c1-13-10-17(23(32-2)18(26)11-13)21(29)19-20(14-4-3-9-27-12-14)28(24(31)22(19)30)16-7-5-15(25)6-8-16/h3-12,20,29H,1-2H3/b21-19+. The van der Waals surface area contributed by atoms with Crippen LogP contribution in [-0.4, -0.2) is 28.9 Å². The molecule has 1 N–H and O–H groups in total. The van der Waals surface area contributed by atoms with Crippen molar-refractivity contribution < 1.29 is 19.4 Å². The maximum absolute atomic E-state index is 13.2. The summed E-state index contributed by atoms with van der Waals surface area (Å²) in [6, 6.07) is 12.4. The fourth-order valence-corrected chi connectivity index (χ4v) is 4.29. The number of aliphatic hydroxyl groups excluding tert-OH is 1. The smallest absolute Gasteiger partial charge is 0.300 e. The summed E-state index contributed by atoms with van der Waals surface area (Å²) in [5.74, 6) is -1.78. The summed E-state index contributed by atoms with van der Waals surface area (Å²) < 4.78 is 5.38. The highest BCUT2D eigenvalue weighted by Crippen LogP contribution is 2.44. The second-order valence-corrected chi connectivity index (χ2v) is 8.10. The molecule has 6 nitrogen and oxygen atoms in total. The van der Waals surface area contributed by atoms with E-state index in [4.69, 9.17) is 27.9 Å². The second-order valence-electron chi connectivity index (χ2n) is 7.26. The normalized spacial score (nSPS) is 17.6. The summed E-state index contributed by atoms with van der Waals surface area (Å²) in [7, 11) is 1.41. The van der Waals surface area contributed by atoms with Crippen LogP contribution in [-0.2, 0) is 9.59 Å². The van der Waals surface area contributed by atoms with Gasteiger partial charge < -0.3 is 9.84 Å². The maximum atomic E-state index is 13.2. The van der Waals surface area contributed by atoms with Crippen LogP contribution in [0.25, 0.3) is 5.76 Å². The van der Waals surface area contributed by atoms with Gasteiger partial charge in [0.2, 0.25) is 0 Å². The molecule has 0 saturated carbocycles. The summed E-state index contributed by atoms with van der Waals surface area (Å²) in [5.41, 5.74) is 1.90. The second kappa shape index (κ2) is 8.65. The molecule has 162 valence electrons. The molecule has 1 saturated heterocycles. The Bertz CT molecular complexity index is 1240. The number of methoxy groups -OCH3 is 1. The van der Waals surface area contributed by atoms with Crippen LogP contribution in [0.2, 0.25) is 10.0 Å². The van der Waals surface area contributed by atoms with E-state index < -0.39 is 17.7 Å². The summed E-state index contributed by atoms with van der Waals surface area (Å²) in [5, 5.41) is 12.1. The molecule has 0 spiro atoms. The Morgan fingerprint density at radius 2 is 1.84 bits per heavy atom. The molecule has 32 heavy (non-hydrogen) atoms. The van der Waals surface area contributed by atoms with Crippen LogP contribution in [0, 0.1) is 6.92 Å². The molecule has 8 heteroatoms. The van der Waals surface area contributed by atoms with Gasteiger partial charge in [0.25, 0.3) is 11.7 Å². The Kier molecular flexibility index (Phi) is 5.91. The summed E-state index contributed by atoms with van der Waals surface area (Å²) >= 11 is 12.3. The molecule has 2 heterocycles. The fraction of sp³-hybridized carbons (Fsp3) is 0.125. The lowest BCUT2D eigenvalue weighted by atomic mass is 9.95. The highest BCUT2D eigenvalue weighted by Gasteiger charge is 2.47. The predicted molar refractivity (Wildman–Crippen MR) is 123 cm³/mol. The van der Waals surface area contributed by atoms with Gasteiger partial charge in [-0.15, -0.1) is 0 Å². The van der Waals surface area contributed by atoms with E-state index in [2.05, 4.69) is 4.98 Å². The molecular formula is C24H18Cl2N2O4. The third kappa shape index (κ3) is 3.72.